The van der Waals surface area contributed by atoms with Gasteiger partial charge >= 0.3 is 0 Å². The Bertz CT molecular complexity index is 666. The number of fused-ring (bicyclic) bond motifs is 2. The minimum Gasteiger partial charge on any atom is -0.497 e. The van der Waals surface area contributed by atoms with Crippen molar-refractivity contribution in [2.24, 2.45) is 10.8 Å². The van der Waals surface area contributed by atoms with E-state index in [1.165, 1.54) is 0 Å². The molecule has 3 rings (SSSR count). The van der Waals surface area contributed by atoms with E-state index in [4.69, 9.17) is 4.74 Å². The third kappa shape index (κ3) is 2.65. The molecule has 0 aromatic heterocycles. The van der Waals surface area contributed by atoms with E-state index in [9.17, 15) is 8.42 Å². The zero-order valence-corrected chi connectivity index (χ0v) is 14.6. The molecule has 1 heterocycles. The standard InChI is InChI=1S/C17H25NO3S/c1-16(2)9-13-10-17(3,11-16)12-18(13)22(19,20)15-7-5-14(21-4)6-8-15/h5-8,13H,9-12H2,1-4H3/t13-,17+/m1/s1. The largest absolute Gasteiger partial charge is 0.497 e. The maximum absolute atomic E-state index is 13.0. The molecule has 4 nitrogen and oxygen atoms in total. The lowest BCUT2D eigenvalue weighted by atomic mass is 9.65. The molecule has 0 amide bonds. The number of ether oxygens (including phenoxy) is 1. The second-order valence-corrected chi connectivity index (χ2v) is 9.83. The third-order valence-electron chi connectivity index (χ3n) is 5.03. The summed E-state index contributed by atoms with van der Waals surface area (Å²) in [6.07, 6.45) is 3.01. The molecule has 2 bridgehead atoms. The van der Waals surface area contributed by atoms with E-state index in [1.807, 2.05) is 0 Å². The average Bonchev–Trinajstić information content (AvgIpc) is 2.68. The van der Waals surface area contributed by atoms with Crippen molar-refractivity contribution in [3.05, 3.63) is 24.3 Å². The summed E-state index contributed by atoms with van der Waals surface area (Å²) >= 11 is 0. The van der Waals surface area contributed by atoms with Crippen molar-refractivity contribution in [1.29, 1.82) is 0 Å². The molecule has 2 aliphatic rings. The second kappa shape index (κ2) is 4.96. The highest BCUT2D eigenvalue weighted by atomic mass is 32.2. The molecule has 0 N–H and O–H groups in total. The van der Waals surface area contributed by atoms with Crippen LogP contribution in [0, 0.1) is 10.8 Å². The van der Waals surface area contributed by atoms with Gasteiger partial charge in [-0.05, 0) is 54.4 Å². The fourth-order valence-electron chi connectivity index (χ4n) is 4.57. The summed E-state index contributed by atoms with van der Waals surface area (Å²) in [4.78, 5) is 0.363. The number of hydrogen-bond donors (Lipinski definition) is 0. The van der Waals surface area contributed by atoms with Crippen LogP contribution in [-0.4, -0.2) is 32.4 Å². The highest BCUT2D eigenvalue weighted by Gasteiger charge is 2.53. The van der Waals surface area contributed by atoms with Crippen molar-refractivity contribution >= 4 is 10.0 Å². The summed E-state index contributed by atoms with van der Waals surface area (Å²) in [5.74, 6) is 0.673. The minimum absolute atomic E-state index is 0.103. The van der Waals surface area contributed by atoms with Crippen molar-refractivity contribution in [1.82, 2.24) is 4.31 Å². The van der Waals surface area contributed by atoms with E-state index >= 15 is 0 Å². The van der Waals surface area contributed by atoms with Crippen molar-refractivity contribution in [3.8, 4) is 5.75 Å². The Morgan fingerprint density at radius 3 is 2.36 bits per heavy atom. The monoisotopic (exact) mass is 323 g/mol. The second-order valence-electron chi connectivity index (χ2n) is 7.94. The molecule has 22 heavy (non-hydrogen) atoms. The molecule has 0 radical (unpaired) electrons. The molecule has 5 heteroatoms. The highest BCUT2D eigenvalue weighted by molar-refractivity contribution is 7.89. The van der Waals surface area contributed by atoms with Crippen LogP contribution in [0.4, 0.5) is 0 Å². The topological polar surface area (TPSA) is 46.6 Å². The molecule has 1 saturated heterocycles. The van der Waals surface area contributed by atoms with Crippen molar-refractivity contribution in [2.75, 3.05) is 13.7 Å². The van der Waals surface area contributed by atoms with Crippen LogP contribution >= 0.6 is 0 Å². The number of hydrogen-bond acceptors (Lipinski definition) is 3. The smallest absolute Gasteiger partial charge is 0.243 e. The Labute approximate surface area is 133 Å². The number of methoxy groups -OCH3 is 1. The summed E-state index contributed by atoms with van der Waals surface area (Å²) in [5, 5.41) is 0. The van der Waals surface area contributed by atoms with Crippen molar-refractivity contribution < 1.29 is 13.2 Å². The molecule has 2 atom stereocenters. The Kier molecular flexibility index (Phi) is 3.57. The SMILES string of the molecule is COc1ccc(S(=O)(=O)N2C[C@@]3(C)C[C@H]2CC(C)(C)C3)cc1. The maximum Gasteiger partial charge on any atom is 0.243 e. The van der Waals surface area contributed by atoms with Gasteiger partial charge in [-0.25, -0.2) is 8.42 Å². The first kappa shape index (κ1) is 15.8. The zero-order valence-electron chi connectivity index (χ0n) is 13.8. The van der Waals surface area contributed by atoms with E-state index in [0.29, 0.717) is 17.2 Å². The number of rotatable bonds is 3. The molecule has 2 fully saturated rings. The molecule has 0 spiro atoms. The number of nitrogens with zero attached hydrogens (tertiary/aromatic N) is 1. The molecule has 0 unspecified atom stereocenters. The van der Waals surface area contributed by atoms with Crippen LogP contribution in [-0.2, 0) is 10.0 Å². The van der Waals surface area contributed by atoms with Crippen molar-refractivity contribution in [3.63, 3.8) is 0 Å². The third-order valence-corrected chi connectivity index (χ3v) is 6.95. The van der Waals surface area contributed by atoms with E-state index < -0.39 is 10.0 Å². The van der Waals surface area contributed by atoms with Crippen LogP contribution in [0.15, 0.2) is 29.2 Å². The lowest BCUT2D eigenvalue weighted by molar-refractivity contribution is 0.133. The Balaban J connectivity index is 1.93. The van der Waals surface area contributed by atoms with Gasteiger partial charge in [-0.1, -0.05) is 20.8 Å². The fourth-order valence-corrected chi connectivity index (χ4v) is 6.35. The predicted octanol–water partition coefficient (Wildman–Crippen LogP) is 3.28. The van der Waals surface area contributed by atoms with Gasteiger partial charge in [0.25, 0.3) is 0 Å². The van der Waals surface area contributed by atoms with Crippen LogP contribution in [0.1, 0.15) is 40.0 Å². The Morgan fingerprint density at radius 1 is 1.14 bits per heavy atom. The first-order chi connectivity index (χ1) is 10.2. The molecule has 1 aromatic carbocycles. The molecular weight excluding hydrogens is 298 g/mol. The number of benzene rings is 1. The first-order valence-corrected chi connectivity index (χ1v) is 9.25. The Hall–Kier alpha value is -1.07. The van der Waals surface area contributed by atoms with Gasteiger partial charge in [0.2, 0.25) is 10.0 Å². The quantitative estimate of drug-likeness (QED) is 0.857. The summed E-state index contributed by atoms with van der Waals surface area (Å²) in [6.45, 7) is 7.36. The van der Waals surface area contributed by atoms with Crippen LogP contribution in [0.25, 0.3) is 0 Å². The van der Waals surface area contributed by atoms with Gasteiger partial charge < -0.3 is 4.74 Å². The van der Waals surface area contributed by atoms with Crippen LogP contribution in [0.5, 0.6) is 5.75 Å². The van der Waals surface area contributed by atoms with Gasteiger partial charge in [0.05, 0.1) is 12.0 Å². The first-order valence-electron chi connectivity index (χ1n) is 7.81. The van der Waals surface area contributed by atoms with Gasteiger partial charge in [0.15, 0.2) is 0 Å². The van der Waals surface area contributed by atoms with E-state index in [2.05, 4.69) is 20.8 Å². The molecule has 1 aliphatic carbocycles. The predicted molar refractivity (Wildman–Crippen MR) is 86.4 cm³/mol. The average molecular weight is 323 g/mol. The normalized spacial score (nSPS) is 31.2. The fraction of sp³-hybridized carbons (Fsp3) is 0.647. The van der Waals surface area contributed by atoms with Crippen LogP contribution in [0.3, 0.4) is 0 Å². The summed E-state index contributed by atoms with van der Waals surface area (Å²) in [6, 6.07) is 6.83. The van der Waals surface area contributed by atoms with Crippen LogP contribution < -0.4 is 4.74 Å². The van der Waals surface area contributed by atoms with E-state index in [-0.39, 0.29) is 16.9 Å². The van der Waals surface area contributed by atoms with E-state index in [0.717, 1.165) is 19.3 Å². The minimum atomic E-state index is -3.43. The molecular formula is C17H25NO3S. The van der Waals surface area contributed by atoms with E-state index in [1.54, 1.807) is 35.7 Å². The molecule has 1 aliphatic heterocycles. The molecule has 1 aromatic rings. The zero-order chi connectivity index (χ0) is 16.2. The van der Waals surface area contributed by atoms with Crippen molar-refractivity contribution in [2.45, 2.75) is 51.0 Å². The van der Waals surface area contributed by atoms with Gasteiger partial charge in [-0.3, -0.25) is 0 Å². The van der Waals surface area contributed by atoms with Gasteiger partial charge in [-0.2, -0.15) is 4.31 Å². The molecule has 122 valence electrons. The highest BCUT2D eigenvalue weighted by Crippen LogP contribution is 2.53. The number of sulfonamides is 1. The van der Waals surface area contributed by atoms with Gasteiger partial charge in [-0.15, -0.1) is 0 Å². The van der Waals surface area contributed by atoms with Gasteiger partial charge in [0, 0.05) is 12.6 Å². The Morgan fingerprint density at radius 2 is 1.77 bits per heavy atom. The summed E-state index contributed by atoms with van der Waals surface area (Å²) in [5.41, 5.74) is 0.313. The van der Waals surface area contributed by atoms with Crippen LogP contribution in [0.2, 0.25) is 0 Å². The molecule has 1 saturated carbocycles. The van der Waals surface area contributed by atoms with Gasteiger partial charge in [0.1, 0.15) is 5.75 Å². The lowest BCUT2D eigenvalue weighted by Crippen LogP contribution is -2.37. The summed E-state index contributed by atoms with van der Waals surface area (Å²) < 4.78 is 32.9. The summed E-state index contributed by atoms with van der Waals surface area (Å²) in [7, 11) is -1.85. The lowest BCUT2D eigenvalue weighted by Gasteiger charge is -2.39. The maximum atomic E-state index is 13.0.